The molecule has 0 aliphatic carbocycles. The predicted octanol–water partition coefficient (Wildman–Crippen LogP) is 3.85. The van der Waals surface area contributed by atoms with E-state index in [1.165, 1.54) is 19.3 Å². The van der Waals surface area contributed by atoms with Crippen molar-refractivity contribution in [1.82, 2.24) is 5.32 Å². The molecule has 0 spiro atoms. The average molecular weight is 243 g/mol. The SMILES string of the molecule is CCCNCC(CCOC(C)(C)C)CC(C)C. The van der Waals surface area contributed by atoms with E-state index >= 15 is 0 Å². The fourth-order valence-corrected chi connectivity index (χ4v) is 1.98. The zero-order valence-corrected chi connectivity index (χ0v) is 12.8. The van der Waals surface area contributed by atoms with Gasteiger partial charge in [0.2, 0.25) is 0 Å². The Hall–Kier alpha value is -0.0800. The number of ether oxygens (including phenoxy) is 1. The Morgan fingerprint density at radius 3 is 2.29 bits per heavy atom. The molecule has 17 heavy (non-hydrogen) atoms. The topological polar surface area (TPSA) is 21.3 Å². The Morgan fingerprint density at radius 1 is 1.18 bits per heavy atom. The van der Waals surface area contributed by atoms with E-state index in [1.807, 2.05) is 0 Å². The van der Waals surface area contributed by atoms with Gasteiger partial charge < -0.3 is 10.1 Å². The highest BCUT2D eigenvalue weighted by Gasteiger charge is 2.14. The lowest BCUT2D eigenvalue weighted by Crippen LogP contribution is -2.27. The van der Waals surface area contributed by atoms with Crippen molar-refractivity contribution in [3.8, 4) is 0 Å². The van der Waals surface area contributed by atoms with Crippen LogP contribution in [0.15, 0.2) is 0 Å². The van der Waals surface area contributed by atoms with E-state index < -0.39 is 0 Å². The zero-order chi connectivity index (χ0) is 13.3. The smallest absolute Gasteiger partial charge is 0.0598 e. The molecule has 0 saturated carbocycles. The second-order valence-corrected chi connectivity index (χ2v) is 6.45. The van der Waals surface area contributed by atoms with E-state index in [0.717, 1.165) is 31.5 Å². The van der Waals surface area contributed by atoms with Crippen LogP contribution in [0.5, 0.6) is 0 Å². The van der Waals surface area contributed by atoms with Crippen molar-refractivity contribution in [2.75, 3.05) is 19.7 Å². The second kappa shape index (κ2) is 8.93. The predicted molar refractivity (Wildman–Crippen MR) is 76.4 cm³/mol. The summed E-state index contributed by atoms with van der Waals surface area (Å²) in [6.45, 7) is 16.4. The highest BCUT2D eigenvalue weighted by atomic mass is 16.5. The van der Waals surface area contributed by atoms with Crippen LogP contribution in [0, 0.1) is 11.8 Å². The Bertz CT molecular complexity index is 172. The molecular weight excluding hydrogens is 210 g/mol. The Balaban J connectivity index is 3.84. The Kier molecular flexibility index (Phi) is 8.89. The van der Waals surface area contributed by atoms with Gasteiger partial charge in [-0.2, -0.15) is 0 Å². The summed E-state index contributed by atoms with van der Waals surface area (Å²) in [6.07, 6.45) is 3.68. The van der Waals surface area contributed by atoms with Crippen LogP contribution in [0.4, 0.5) is 0 Å². The third-order valence-electron chi connectivity index (χ3n) is 2.73. The van der Waals surface area contributed by atoms with Gasteiger partial charge in [-0.3, -0.25) is 0 Å². The van der Waals surface area contributed by atoms with Crippen LogP contribution >= 0.6 is 0 Å². The minimum atomic E-state index is -0.000766. The number of hydrogen-bond donors (Lipinski definition) is 1. The molecule has 2 nitrogen and oxygen atoms in total. The number of nitrogens with one attached hydrogen (secondary N) is 1. The van der Waals surface area contributed by atoms with E-state index in [4.69, 9.17) is 4.74 Å². The van der Waals surface area contributed by atoms with Crippen LogP contribution in [0.1, 0.15) is 60.8 Å². The van der Waals surface area contributed by atoms with Crippen molar-refractivity contribution < 1.29 is 4.74 Å². The van der Waals surface area contributed by atoms with Gasteiger partial charge in [0.1, 0.15) is 0 Å². The summed E-state index contributed by atoms with van der Waals surface area (Å²) in [5.74, 6) is 1.53. The molecule has 0 saturated heterocycles. The molecule has 0 fully saturated rings. The molecule has 0 radical (unpaired) electrons. The molecule has 0 amide bonds. The lowest BCUT2D eigenvalue weighted by molar-refractivity contribution is -0.0101. The van der Waals surface area contributed by atoms with Crippen LogP contribution in [0.3, 0.4) is 0 Å². The van der Waals surface area contributed by atoms with Crippen LogP contribution < -0.4 is 5.32 Å². The van der Waals surface area contributed by atoms with Crippen LogP contribution in [0.25, 0.3) is 0 Å². The molecule has 0 rings (SSSR count). The van der Waals surface area contributed by atoms with Gasteiger partial charge in [-0.05, 0) is 65.0 Å². The first-order valence-corrected chi connectivity index (χ1v) is 7.19. The van der Waals surface area contributed by atoms with Gasteiger partial charge in [-0.1, -0.05) is 20.8 Å². The normalized spacial score (nSPS) is 14.3. The first-order valence-electron chi connectivity index (χ1n) is 7.19. The lowest BCUT2D eigenvalue weighted by atomic mass is 9.94. The minimum absolute atomic E-state index is 0.000766. The zero-order valence-electron chi connectivity index (χ0n) is 12.8. The molecule has 0 bridgehead atoms. The molecule has 2 heteroatoms. The van der Waals surface area contributed by atoms with Gasteiger partial charge >= 0.3 is 0 Å². The van der Waals surface area contributed by atoms with Gasteiger partial charge in [-0.15, -0.1) is 0 Å². The van der Waals surface area contributed by atoms with E-state index in [2.05, 4.69) is 46.9 Å². The standard InChI is InChI=1S/C15H33NO/c1-7-9-16-12-14(11-13(2)3)8-10-17-15(4,5)6/h13-14,16H,7-12H2,1-6H3. The largest absolute Gasteiger partial charge is 0.376 e. The van der Waals surface area contributed by atoms with E-state index in [9.17, 15) is 0 Å². The van der Waals surface area contributed by atoms with Crippen molar-refractivity contribution in [3.63, 3.8) is 0 Å². The summed E-state index contributed by atoms with van der Waals surface area (Å²) in [5, 5.41) is 3.53. The summed E-state index contributed by atoms with van der Waals surface area (Å²) in [5.41, 5.74) is -0.000766. The molecule has 0 aliphatic rings. The van der Waals surface area contributed by atoms with Crippen molar-refractivity contribution in [3.05, 3.63) is 0 Å². The first kappa shape index (κ1) is 16.9. The van der Waals surface area contributed by atoms with Crippen molar-refractivity contribution >= 4 is 0 Å². The van der Waals surface area contributed by atoms with E-state index in [1.54, 1.807) is 0 Å². The van der Waals surface area contributed by atoms with Gasteiger partial charge in [-0.25, -0.2) is 0 Å². The minimum Gasteiger partial charge on any atom is -0.376 e. The van der Waals surface area contributed by atoms with Gasteiger partial charge in [0.25, 0.3) is 0 Å². The summed E-state index contributed by atoms with van der Waals surface area (Å²) in [7, 11) is 0. The number of hydrogen-bond acceptors (Lipinski definition) is 2. The third-order valence-corrected chi connectivity index (χ3v) is 2.73. The Morgan fingerprint density at radius 2 is 1.82 bits per heavy atom. The monoisotopic (exact) mass is 243 g/mol. The van der Waals surface area contributed by atoms with E-state index in [-0.39, 0.29) is 5.60 Å². The van der Waals surface area contributed by atoms with E-state index in [0.29, 0.717) is 0 Å². The fourth-order valence-electron chi connectivity index (χ4n) is 1.98. The number of rotatable bonds is 9. The van der Waals surface area contributed by atoms with Gasteiger partial charge in [0.05, 0.1) is 5.60 Å². The first-order chi connectivity index (χ1) is 7.85. The maximum atomic E-state index is 5.82. The molecular formula is C15H33NO. The average Bonchev–Trinajstić information content (AvgIpc) is 2.14. The molecule has 1 N–H and O–H groups in total. The van der Waals surface area contributed by atoms with Crippen molar-refractivity contribution in [2.45, 2.75) is 66.4 Å². The molecule has 0 aliphatic heterocycles. The molecule has 1 unspecified atom stereocenters. The quantitative estimate of drug-likeness (QED) is 0.621. The molecule has 0 aromatic rings. The molecule has 0 aromatic carbocycles. The summed E-state index contributed by atoms with van der Waals surface area (Å²) in [6, 6.07) is 0. The molecule has 1 atom stereocenters. The highest BCUT2D eigenvalue weighted by molar-refractivity contribution is 4.66. The maximum absolute atomic E-state index is 5.82. The summed E-state index contributed by atoms with van der Waals surface area (Å²) < 4.78 is 5.82. The fraction of sp³-hybridized carbons (Fsp3) is 1.00. The molecule has 104 valence electrons. The van der Waals surface area contributed by atoms with Crippen LogP contribution in [0.2, 0.25) is 0 Å². The molecule has 0 heterocycles. The third kappa shape index (κ3) is 12.2. The van der Waals surface area contributed by atoms with Crippen LogP contribution in [-0.4, -0.2) is 25.3 Å². The highest BCUT2D eigenvalue weighted by Crippen LogP contribution is 2.16. The van der Waals surface area contributed by atoms with Crippen molar-refractivity contribution in [1.29, 1.82) is 0 Å². The lowest BCUT2D eigenvalue weighted by Gasteiger charge is -2.23. The summed E-state index contributed by atoms with van der Waals surface area (Å²) in [4.78, 5) is 0. The van der Waals surface area contributed by atoms with Crippen molar-refractivity contribution in [2.24, 2.45) is 11.8 Å². The van der Waals surface area contributed by atoms with Gasteiger partial charge in [0, 0.05) is 6.61 Å². The van der Waals surface area contributed by atoms with Crippen LogP contribution in [-0.2, 0) is 4.74 Å². The van der Waals surface area contributed by atoms with Gasteiger partial charge in [0.15, 0.2) is 0 Å². The second-order valence-electron chi connectivity index (χ2n) is 6.45. The Labute approximate surface area is 109 Å². The summed E-state index contributed by atoms with van der Waals surface area (Å²) >= 11 is 0. The molecule has 0 aromatic heterocycles. The maximum Gasteiger partial charge on any atom is 0.0598 e.